The average Bonchev–Trinajstić information content (AvgIpc) is 2.65. The van der Waals surface area contributed by atoms with Crippen LogP contribution in [-0.4, -0.2) is 25.8 Å². The van der Waals surface area contributed by atoms with E-state index in [-0.39, 0.29) is 5.69 Å². The molecule has 0 atom stereocenters. The van der Waals surface area contributed by atoms with Crippen LogP contribution in [0.4, 0.5) is 0 Å². The van der Waals surface area contributed by atoms with Crippen molar-refractivity contribution in [3.8, 4) is 5.69 Å². The topological polar surface area (TPSA) is 68.0 Å². The van der Waals surface area contributed by atoms with Gasteiger partial charge in [0.2, 0.25) is 0 Å². The highest BCUT2D eigenvalue weighted by atomic mass is 16.4. The maximum atomic E-state index is 10.9. The van der Waals surface area contributed by atoms with Gasteiger partial charge in [-0.25, -0.2) is 14.5 Å². The molecule has 2 aromatic rings. The van der Waals surface area contributed by atoms with Gasteiger partial charge in [-0.1, -0.05) is 0 Å². The second-order valence-electron chi connectivity index (χ2n) is 3.08. The Balaban J connectivity index is 2.57. The molecule has 2 heterocycles. The summed E-state index contributed by atoms with van der Waals surface area (Å²) in [6.45, 7) is 1.84. The molecule has 0 spiro atoms. The van der Waals surface area contributed by atoms with Gasteiger partial charge in [0.1, 0.15) is 0 Å². The van der Waals surface area contributed by atoms with Crippen LogP contribution in [0.2, 0.25) is 0 Å². The molecule has 0 aliphatic carbocycles. The van der Waals surface area contributed by atoms with Gasteiger partial charge in [0.15, 0.2) is 5.69 Å². The van der Waals surface area contributed by atoms with E-state index < -0.39 is 5.97 Å². The molecule has 0 aliphatic rings. The fraction of sp³-hybridized carbons (Fsp3) is 0.100. The largest absolute Gasteiger partial charge is 0.476 e. The Kier molecular flexibility index (Phi) is 2.21. The Morgan fingerprint density at radius 3 is 2.87 bits per heavy atom. The van der Waals surface area contributed by atoms with Crippen LogP contribution >= 0.6 is 0 Å². The van der Waals surface area contributed by atoms with Crippen molar-refractivity contribution in [3.63, 3.8) is 0 Å². The lowest BCUT2D eigenvalue weighted by Gasteiger charge is -2.03. The van der Waals surface area contributed by atoms with Crippen molar-refractivity contribution in [1.82, 2.24) is 14.8 Å². The maximum absolute atomic E-state index is 10.9. The van der Waals surface area contributed by atoms with E-state index >= 15 is 0 Å². The first kappa shape index (κ1) is 9.39. The SMILES string of the molecule is Cc1ccn(-c2cccnc2C(=O)O)n1. The van der Waals surface area contributed by atoms with E-state index in [0.717, 1.165) is 5.69 Å². The summed E-state index contributed by atoms with van der Waals surface area (Å²) in [7, 11) is 0. The second-order valence-corrected chi connectivity index (χ2v) is 3.08. The number of hydrogen-bond donors (Lipinski definition) is 1. The van der Waals surface area contributed by atoms with E-state index in [4.69, 9.17) is 5.11 Å². The van der Waals surface area contributed by atoms with Gasteiger partial charge in [-0.15, -0.1) is 0 Å². The number of rotatable bonds is 2. The second kappa shape index (κ2) is 3.53. The normalized spacial score (nSPS) is 10.2. The third-order valence-corrected chi connectivity index (χ3v) is 1.96. The molecule has 76 valence electrons. The van der Waals surface area contributed by atoms with Crippen molar-refractivity contribution in [1.29, 1.82) is 0 Å². The van der Waals surface area contributed by atoms with Crippen molar-refractivity contribution < 1.29 is 9.90 Å². The van der Waals surface area contributed by atoms with Crippen LogP contribution < -0.4 is 0 Å². The molecule has 0 radical (unpaired) electrons. The lowest BCUT2D eigenvalue weighted by Crippen LogP contribution is -2.08. The Morgan fingerprint density at radius 2 is 2.27 bits per heavy atom. The van der Waals surface area contributed by atoms with Crippen LogP contribution in [-0.2, 0) is 0 Å². The summed E-state index contributed by atoms with van der Waals surface area (Å²) in [6.07, 6.45) is 3.15. The van der Waals surface area contributed by atoms with Crippen LogP contribution in [0.25, 0.3) is 5.69 Å². The molecule has 0 aromatic carbocycles. The van der Waals surface area contributed by atoms with Gasteiger partial charge in [0, 0.05) is 12.4 Å². The average molecular weight is 203 g/mol. The number of aromatic carboxylic acids is 1. The van der Waals surface area contributed by atoms with Crippen LogP contribution in [0.5, 0.6) is 0 Å². The first-order valence-electron chi connectivity index (χ1n) is 4.39. The van der Waals surface area contributed by atoms with E-state index in [1.54, 1.807) is 24.4 Å². The minimum Gasteiger partial charge on any atom is -0.476 e. The number of aryl methyl sites for hydroxylation is 1. The smallest absolute Gasteiger partial charge is 0.356 e. The lowest BCUT2D eigenvalue weighted by molar-refractivity contribution is 0.0690. The summed E-state index contributed by atoms with van der Waals surface area (Å²) in [4.78, 5) is 14.7. The number of pyridine rings is 1. The Hall–Kier alpha value is -2.17. The van der Waals surface area contributed by atoms with Crippen molar-refractivity contribution in [3.05, 3.63) is 42.0 Å². The quantitative estimate of drug-likeness (QED) is 0.798. The van der Waals surface area contributed by atoms with Gasteiger partial charge >= 0.3 is 5.97 Å². The summed E-state index contributed by atoms with van der Waals surface area (Å²) in [6, 6.07) is 5.15. The molecule has 2 rings (SSSR count). The molecule has 15 heavy (non-hydrogen) atoms. The minimum atomic E-state index is -1.06. The zero-order valence-electron chi connectivity index (χ0n) is 8.08. The minimum absolute atomic E-state index is 0.000556. The molecular formula is C10H9N3O2. The number of carbonyl (C=O) groups is 1. The molecule has 5 heteroatoms. The third-order valence-electron chi connectivity index (χ3n) is 1.96. The molecule has 0 bridgehead atoms. The number of hydrogen-bond acceptors (Lipinski definition) is 3. The molecule has 5 nitrogen and oxygen atoms in total. The Morgan fingerprint density at radius 1 is 1.47 bits per heavy atom. The highest BCUT2D eigenvalue weighted by molar-refractivity contribution is 5.89. The van der Waals surface area contributed by atoms with Crippen LogP contribution in [0.3, 0.4) is 0 Å². The molecule has 0 fully saturated rings. The monoisotopic (exact) mass is 203 g/mol. The van der Waals surface area contributed by atoms with Gasteiger partial charge in [-0.05, 0) is 25.1 Å². The molecule has 0 unspecified atom stereocenters. The molecule has 0 saturated carbocycles. The van der Waals surface area contributed by atoms with E-state index in [1.165, 1.54) is 10.9 Å². The fourth-order valence-corrected chi connectivity index (χ4v) is 1.30. The first-order chi connectivity index (χ1) is 7.18. The van der Waals surface area contributed by atoms with E-state index in [2.05, 4.69) is 10.1 Å². The van der Waals surface area contributed by atoms with Crippen molar-refractivity contribution in [2.75, 3.05) is 0 Å². The highest BCUT2D eigenvalue weighted by Gasteiger charge is 2.12. The lowest BCUT2D eigenvalue weighted by atomic mass is 10.3. The zero-order chi connectivity index (χ0) is 10.8. The maximum Gasteiger partial charge on any atom is 0.356 e. The van der Waals surface area contributed by atoms with Gasteiger partial charge in [-0.3, -0.25) is 0 Å². The molecule has 0 aliphatic heterocycles. The molecule has 0 amide bonds. The number of nitrogens with zero attached hydrogens (tertiary/aromatic N) is 3. The number of carboxylic acids is 1. The predicted molar refractivity (Wildman–Crippen MR) is 53.1 cm³/mol. The van der Waals surface area contributed by atoms with Crippen LogP contribution in [0.1, 0.15) is 16.2 Å². The summed E-state index contributed by atoms with van der Waals surface area (Å²) in [5, 5.41) is 13.1. The van der Waals surface area contributed by atoms with Crippen molar-refractivity contribution in [2.45, 2.75) is 6.92 Å². The molecular weight excluding hydrogens is 194 g/mol. The zero-order valence-corrected chi connectivity index (χ0v) is 8.08. The molecule has 2 aromatic heterocycles. The summed E-state index contributed by atoms with van der Waals surface area (Å²) in [5.41, 5.74) is 1.30. The van der Waals surface area contributed by atoms with Crippen LogP contribution in [0, 0.1) is 6.92 Å². The molecule has 1 N–H and O–H groups in total. The fourth-order valence-electron chi connectivity index (χ4n) is 1.30. The first-order valence-corrected chi connectivity index (χ1v) is 4.39. The summed E-state index contributed by atoms with van der Waals surface area (Å²) >= 11 is 0. The Labute approximate surface area is 86.0 Å². The van der Waals surface area contributed by atoms with Crippen LogP contribution in [0.15, 0.2) is 30.6 Å². The van der Waals surface area contributed by atoms with Gasteiger partial charge in [0.25, 0.3) is 0 Å². The van der Waals surface area contributed by atoms with Gasteiger partial charge in [-0.2, -0.15) is 5.10 Å². The standard InChI is InChI=1S/C10H9N3O2/c1-7-4-6-13(12-7)8-3-2-5-11-9(8)10(14)15/h2-6H,1H3,(H,14,15). The number of aromatic nitrogens is 3. The van der Waals surface area contributed by atoms with E-state index in [9.17, 15) is 4.79 Å². The Bertz CT molecular complexity index is 505. The van der Waals surface area contributed by atoms with Crippen molar-refractivity contribution in [2.24, 2.45) is 0 Å². The molecule has 0 saturated heterocycles. The summed E-state index contributed by atoms with van der Waals surface area (Å²) in [5.74, 6) is -1.06. The van der Waals surface area contributed by atoms with E-state index in [0.29, 0.717) is 5.69 Å². The third kappa shape index (κ3) is 1.71. The predicted octanol–water partition coefficient (Wildman–Crippen LogP) is 1.27. The van der Waals surface area contributed by atoms with Gasteiger partial charge < -0.3 is 5.11 Å². The van der Waals surface area contributed by atoms with Gasteiger partial charge in [0.05, 0.1) is 11.4 Å². The van der Waals surface area contributed by atoms with Crippen molar-refractivity contribution >= 4 is 5.97 Å². The highest BCUT2D eigenvalue weighted by Crippen LogP contribution is 2.11. The van der Waals surface area contributed by atoms with E-state index in [1.807, 2.05) is 6.92 Å². The summed E-state index contributed by atoms with van der Waals surface area (Å²) < 4.78 is 1.51. The number of carboxylic acid groups (broad SMARTS) is 1.